The molecule has 0 aromatic heterocycles. The summed E-state index contributed by atoms with van der Waals surface area (Å²) in [5.41, 5.74) is -0.559. The minimum atomic E-state index is -4.24. The molecule has 0 aromatic carbocycles. The van der Waals surface area contributed by atoms with Crippen molar-refractivity contribution in [1.82, 2.24) is 4.90 Å². The second-order valence-corrected chi connectivity index (χ2v) is 2.77. The summed E-state index contributed by atoms with van der Waals surface area (Å²) in [5, 5.41) is 0. The fourth-order valence-corrected chi connectivity index (χ4v) is 1.33. The van der Waals surface area contributed by atoms with Gasteiger partial charge in [0.2, 0.25) is 0 Å². The Hall–Kier alpha value is -0.710. The first-order chi connectivity index (χ1) is 6.05. The van der Waals surface area contributed by atoms with E-state index in [-0.39, 0.29) is 0 Å². The number of ether oxygens (including phenoxy) is 1. The number of morpholine rings is 1. The van der Waals surface area contributed by atoms with E-state index >= 15 is 0 Å². The first kappa shape index (κ1) is 10.4. The average Bonchev–Trinajstić information content (AvgIpc) is 2.05. The van der Waals surface area contributed by atoms with E-state index in [0.717, 1.165) is 6.08 Å². The van der Waals surface area contributed by atoms with Gasteiger partial charge in [0, 0.05) is 13.1 Å². The minimum absolute atomic E-state index is 0.319. The first-order valence-electron chi connectivity index (χ1n) is 4.12. The summed E-state index contributed by atoms with van der Waals surface area (Å²) in [5.74, 6) is 0. The van der Waals surface area contributed by atoms with Gasteiger partial charge in [0.25, 0.3) is 0 Å². The van der Waals surface area contributed by atoms with Gasteiger partial charge in [-0.2, -0.15) is 13.2 Å². The maximum atomic E-state index is 12.4. The van der Waals surface area contributed by atoms with Gasteiger partial charge in [-0.1, -0.05) is 6.08 Å². The quantitative estimate of drug-likeness (QED) is 0.632. The van der Waals surface area contributed by atoms with Crippen molar-refractivity contribution in [3.05, 3.63) is 11.8 Å². The molecule has 1 heterocycles. The number of rotatable bonds is 1. The van der Waals surface area contributed by atoms with Gasteiger partial charge in [-0.05, 0) is 6.92 Å². The highest BCUT2D eigenvalue weighted by atomic mass is 19.4. The standard InChI is InChI=1S/C8H12F3NO/c1-2-7(8(9,10)11)12-3-5-13-6-4-12/h2H,3-6H2,1H3/b7-2+. The normalized spacial score (nSPS) is 20.6. The molecule has 0 amide bonds. The SMILES string of the molecule is C/C=C(/N1CCOCC1)C(F)(F)F. The van der Waals surface area contributed by atoms with Crippen LogP contribution >= 0.6 is 0 Å². The Morgan fingerprint density at radius 3 is 2.23 bits per heavy atom. The van der Waals surface area contributed by atoms with Gasteiger partial charge >= 0.3 is 6.18 Å². The predicted octanol–water partition coefficient (Wildman–Crippen LogP) is 1.78. The summed E-state index contributed by atoms with van der Waals surface area (Å²) in [7, 11) is 0. The van der Waals surface area contributed by atoms with Crippen molar-refractivity contribution in [2.45, 2.75) is 13.1 Å². The van der Waals surface area contributed by atoms with Gasteiger partial charge in [-0.3, -0.25) is 0 Å². The van der Waals surface area contributed by atoms with Crippen molar-refractivity contribution >= 4 is 0 Å². The molecule has 1 fully saturated rings. The Bertz CT molecular complexity index is 194. The lowest BCUT2D eigenvalue weighted by Crippen LogP contribution is -2.40. The molecule has 1 aliphatic heterocycles. The van der Waals surface area contributed by atoms with Gasteiger partial charge in [0.1, 0.15) is 5.70 Å². The van der Waals surface area contributed by atoms with Crippen molar-refractivity contribution in [2.24, 2.45) is 0 Å². The van der Waals surface area contributed by atoms with Crippen molar-refractivity contribution < 1.29 is 17.9 Å². The molecule has 0 radical (unpaired) electrons. The van der Waals surface area contributed by atoms with E-state index in [9.17, 15) is 13.2 Å². The van der Waals surface area contributed by atoms with Crippen LogP contribution in [0.1, 0.15) is 6.92 Å². The van der Waals surface area contributed by atoms with E-state index in [2.05, 4.69) is 0 Å². The fourth-order valence-electron chi connectivity index (χ4n) is 1.33. The molecule has 0 aromatic rings. The van der Waals surface area contributed by atoms with Crippen LogP contribution in [0.25, 0.3) is 0 Å². The lowest BCUT2D eigenvalue weighted by molar-refractivity contribution is -0.118. The first-order valence-corrected chi connectivity index (χ1v) is 4.12. The van der Waals surface area contributed by atoms with Crippen LogP contribution in [0, 0.1) is 0 Å². The highest BCUT2D eigenvalue weighted by Crippen LogP contribution is 2.28. The largest absolute Gasteiger partial charge is 0.430 e. The van der Waals surface area contributed by atoms with E-state index in [1.165, 1.54) is 11.8 Å². The molecule has 0 atom stereocenters. The molecule has 0 bridgehead atoms. The van der Waals surface area contributed by atoms with E-state index in [0.29, 0.717) is 26.3 Å². The van der Waals surface area contributed by atoms with E-state index in [1.807, 2.05) is 0 Å². The third-order valence-corrected chi connectivity index (χ3v) is 1.92. The number of hydrogen-bond acceptors (Lipinski definition) is 2. The second-order valence-electron chi connectivity index (χ2n) is 2.77. The molecule has 0 aliphatic carbocycles. The van der Waals surface area contributed by atoms with E-state index < -0.39 is 11.9 Å². The number of halogens is 3. The Labute approximate surface area is 75.0 Å². The summed E-state index contributed by atoms with van der Waals surface area (Å²) < 4.78 is 42.0. The van der Waals surface area contributed by atoms with Crippen LogP contribution in [0.3, 0.4) is 0 Å². The van der Waals surface area contributed by atoms with E-state index in [4.69, 9.17) is 4.74 Å². The number of hydrogen-bond donors (Lipinski definition) is 0. The van der Waals surface area contributed by atoms with Crippen molar-refractivity contribution in [3.63, 3.8) is 0 Å². The molecule has 5 heteroatoms. The van der Waals surface area contributed by atoms with Crippen LogP contribution in [0.15, 0.2) is 11.8 Å². The summed E-state index contributed by atoms with van der Waals surface area (Å²) >= 11 is 0. The Morgan fingerprint density at radius 1 is 1.31 bits per heavy atom. The fraction of sp³-hybridized carbons (Fsp3) is 0.750. The van der Waals surface area contributed by atoms with Crippen molar-refractivity contribution in [3.8, 4) is 0 Å². The van der Waals surface area contributed by atoms with Crippen LogP contribution in [0.2, 0.25) is 0 Å². The van der Waals surface area contributed by atoms with Gasteiger partial charge in [0.15, 0.2) is 0 Å². The molecule has 0 spiro atoms. The van der Waals surface area contributed by atoms with Crippen LogP contribution in [-0.4, -0.2) is 37.4 Å². The van der Waals surface area contributed by atoms with Gasteiger partial charge in [-0.25, -0.2) is 0 Å². The third kappa shape index (κ3) is 2.62. The molecule has 1 saturated heterocycles. The molecular weight excluding hydrogens is 183 g/mol. The number of alkyl halides is 3. The Morgan fingerprint density at radius 2 is 1.85 bits per heavy atom. The topological polar surface area (TPSA) is 12.5 Å². The number of allylic oxidation sites excluding steroid dienone is 2. The summed E-state index contributed by atoms with van der Waals surface area (Å²) in [6, 6.07) is 0. The predicted molar refractivity (Wildman–Crippen MR) is 42.2 cm³/mol. The summed E-state index contributed by atoms with van der Waals surface area (Å²) in [4.78, 5) is 1.31. The summed E-state index contributed by atoms with van der Waals surface area (Å²) in [6.45, 7) is 2.78. The Kier molecular flexibility index (Phi) is 3.19. The van der Waals surface area contributed by atoms with Crippen molar-refractivity contribution in [1.29, 1.82) is 0 Å². The molecule has 1 rings (SSSR count). The highest BCUT2D eigenvalue weighted by molar-refractivity contribution is 5.07. The molecule has 0 saturated carbocycles. The maximum Gasteiger partial charge on any atom is 0.430 e. The molecule has 76 valence electrons. The van der Waals surface area contributed by atoms with Crippen LogP contribution in [0.4, 0.5) is 13.2 Å². The molecule has 0 unspecified atom stereocenters. The zero-order valence-electron chi connectivity index (χ0n) is 7.40. The average molecular weight is 195 g/mol. The van der Waals surface area contributed by atoms with Gasteiger partial charge in [-0.15, -0.1) is 0 Å². The second kappa shape index (κ2) is 4.00. The summed E-state index contributed by atoms with van der Waals surface area (Å²) in [6.07, 6.45) is -3.14. The zero-order chi connectivity index (χ0) is 9.90. The minimum Gasteiger partial charge on any atom is -0.378 e. The lowest BCUT2D eigenvalue weighted by Gasteiger charge is -2.31. The van der Waals surface area contributed by atoms with Crippen LogP contribution in [-0.2, 0) is 4.74 Å². The lowest BCUT2D eigenvalue weighted by atomic mass is 10.3. The molecular formula is C8H12F3NO. The van der Waals surface area contributed by atoms with Crippen LogP contribution < -0.4 is 0 Å². The smallest absolute Gasteiger partial charge is 0.378 e. The van der Waals surface area contributed by atoms with Crippen LogP contribution in [0.5, 0.6) is 0 Å². The maximum absolute atomic E-state index is 12.4. The third-order valence-electron chi connectivity index (χ3n) is 1.92. The van der Waals surface area contributed by atoms with Crippen molar-refractivity contribution in [2.75, 3.05) is 26.3 Å². The number of nitrogens with zero attached hydrogens (tertiary/aromatic N) is 1. The van der Waals surface area contributed by atoms with Gasteiger partial charge < -0.3 is 9.64 Å². The molecule has 13 heavy (non-hydrogen) atoms. The highest BCUT2D eigenvalue weighted by Gasteiger charge is 2.37. The Balaban J connectivity index is 2.66. The molecule has 2 nitrogen and oxygen atoms in total. The zero-order valence-corrected chi connectivity index (χ0v) is 7.40. The molecule has 1 aliphatic rings. The van der Waals surface area contributed by atoms with Gasteiger partial charge in [0.05, 0.1) is 13.2 Å². The monoisotopic (exact) mass is 195 g/mol. The molecule has 0 N–H and O–H groups in total. The van der Waals surface area contributed by atoms with E-state index in [1.54, 1.807) is 0 Å².